The highest BCUT2D eigenvalue weighted by Crippen LogP contribution is 2.31. The average Bonchev–Trinajstić information content (AvgIpc) is 2.26. The van der Waals surface area contributed by atoms with Crippen molar-refractivity contribution in [1.29, 1.82) is 0 Å². The first-order chi connectivity index (χ1) is 8.06. The Morgan fingerprint density at radius 1 is 1.12 bits per heavy atom. The largest absolute Gasteiger partial charge is 0.489 e. The van der Waals surface area contributed by atoms with E-state index < -0.39 is 0 Å². The van der Waals surface area contributed by atoms with Gasteiger partial charge in [-0.25, -0.2) is 0 Å². The van der Waals surface area contributed by atoms with Crippen LogP contribution in [0.25, 0.3) is 0 Å². The molecule has 2 nitrogen and oxygen atoms in total. The van der Waals surface area contributed by atoms with Gasteiger partial charge in [-0.3, -0.25) is 0 Å². The molecule has 4 atom stereocenters. The first-order valence-corrected chi connectivity index (χ1v) is 6.55. The van der Waals surface area contributed by atoms with E-state index in [1.54, 1.807) is 0 Å². The summed E-state index contributed by atoms with van der Waals surface area (Å²) in [5.74, 6) is 2.20. The van der Waals surface area contributed by atoms with Crippen LogP contribution in [0.2, 0.25) is 0 Å². The van der Waals surface area contributed by atoms with Crippen molar-refractivity contribution >= 4 is 0 Å². The third-order valence-corrected chi connectivity index (χ3v) is 3.72. The van der Waals surface area contributed by atoms with E-state index in [9.17, 15) is 0 Å². The molecule has 0 amide bonds. The van der Waals surface area contributed by atoms with E-state index in [1.165, 1.54) is 12.0 Å². The Labute approximate surface area is 104 Å². The standard InChI is InChI=1S/C15H23NO/c1-10-4-6-13(7-5-10)17-15-12(3)8-11(2)9-14(15)16/h4-7,11-12,14-15H,8-9,16H2,1-3H3. The number of benzene rings is 1. The van der Waals surface area contributed by atoms with Crippen molar-refractivity contribution < 1.29 is 4.74 Å². The molecule has 0 heterocycles. The molecule has 4 unspecified atom stereocenters. The molecule has 2 heteroatoms. The summed E-state index contributed by atoms with van der Waals surface area (Å²) in [7, 11) is 0. The summed E-state index contributed by atoms with van der Waals surface area (Å²) < 4.78 is 6.06. The normalized spacial score (nSPS) is 33.4. The van der Waals surface area contributed by atoms with Gasteiger partial charge in [0.2, 0.25) is 0 Å². The van der Waals surface area contributed by atoms with Crippen molar-refractivity contribution in [2.45, 2.75) is 45.8 Å². The summed E-state index contributed by atoms with van der Waals surface area (Å²) >= 11 is 0. The number of nitrogens with two attached hydrogens (primary N) is 1. The maximum Gasteiger partial charge on any atom is 0.119 e. The fraction of sp³-hybridized carbons (Fsp3) is 0.600. The zero-order chi connectivity index (χ0) is 12.4. The maximum absolute atomic E-state index is 6.21. The highest BCUT2D eigenvalue weighted by Gasteiger charge is 2.33. The number of ether oxygens (including phenoxy) is 1. The summed E-state index contributed by atoms with van der Waals surface area (Å²) in [6.45, 7) is 6.60. The highest BCUT2D eigenvalue weighted by molar-refractivity contribution is 5.26. The van der Waals surface area contributed by atoms with Crippen LogP contribution in [0.15, 0.2) is 24.3 Å². The highest BCUT2D eigenvalue weighted by atomic mass is 16.5. The molecule has 1 saturated carbocycles. The molecular formula is C15H23NO. The van der Waals surface area contributed by atoms with Crippen LogP contribution in [-0.2, 0) is 0 Å². The lowest BCUT2D eigenvalue weighted by molar-refractivity contribution is 0.0626. The van der Waals surface area contributed by atoms with Crippen molar-refractivity contribution in [2.75, 3.05) is 0 Å². The smallest absolute Gasteiger partial charge is 0.119 e. The van der Waals surface area contributed by atoms with E-state index in [-0.39, 0.29) is 12.1 Å². The van der Waals surface area contributed by atoms with E-state index >= 15 is 0 Å². The first-order valence-electron chi connectivity index (χ1n) is 6.55. The minimum absolute atomic E-state index is 0.161. The number of rotatable bonds is 2. The predicted molar refractivity (Wildman–Crippen MR) is 71.1 cm³/mol. The Hall–Kier alpha value is -1.02. The Kier molecular flexibility index (Phi) is 3.72. The van der Waals surface area contributed by atoms with E-state index in [2.05, 4.69) is 32.9 Å². The minimum atomic E-state index is 0.161. The molecule has 2 rings (SSSR count). The van der Waals surface area contributed by atoms with Gasteiger partial charge in [0.05, 0.1) is 0 Å². The molecule has 1 fully saturated rings. The van der Waals surface area contributed by atoms with E-state index in [1.807, 2.05) is 12.1 Å². The van der Waals surface area contributed by atoms with Crippen molar-refractivity contribution in [3.8, 4) is 5.75 Å². The van der Waals surface area contributed by atoms with E-state index in [0.29, 0.717) is 5.92 Å². The summed E-state index contributed by atoms with van der Waals surface area (Å²) in [6, 6.07) is 8.39. The lowest BCUT2D eigenvalue weighted by Gasteiger charge is -2.37. The lowest BCUT2D eigenvalue weighted by atomic mass is 9.78. The van der Waals surface area contributed by atoms with Crippen molar-refractivity contribution in [1.82, 2.24) is 0 Å². The average molecular weight is 233 g/mol. The molecular weight excluding hydrogens is 210 g/mol. The molecule has 1 aromatic rings. The summed E-state index contributed by atoms with van der Waals surface area (Å²) in [5, 5.41) is 0. The fourth-order valence-electron chi connectivity index (χ4n) is 2.86. The maximum atomic E-state index is 6.21. The first kappa shape index (κ1) is 12.4. The Bertz CT molecular complexity index is 348. The molecule has 94 valence electrons. The van der Waals surface area contributed by atoms with Gasteiger partial charge in [-0.05, 0) is 43.7 Å². The molecule has 17 heavy (non-hydrogen) atoms. The fourth-order valence-corrected chi connectivity index (χ4v) is 2.86. The Balaban J connectivity index is 2.04. The second-order valence-corrected chi connectivity index (χ2v) is 5.61. The Morgan fingerprint density at radius 2 is 1.76 bits per heavy atom. The van der Waals surface area contributed by atoms with Gasteiger partial charge < -0.3 is 10.5 Å². The molecule has 0 spiro atoms. The second kappa shape index (κ2) is 5.09. The minimum Gasteiger partial charge on any atom is -0.489 e. The zero-order valence-electron chi connectivity index (χ0n) is 11.0. The number of aryl methyl sites for hydroxylation is 1. The van der Waals surface area contributed by atoms with Gasteiger partial charge in [0, 0.05) is 6.04 Å². The number of hydrogen-bond acceptors (Lipinski definition) is 2. The molecule has 1 aromatic carbocycles. The van der Waals surface area contributed by atoms with Crippen molar-refractivity contribution in [3.63, 3.8) is 0 Å². The zero-order valence-corrected chi connectivity index (χ0v) is 11.0. The van der Waals surface area contributed by atoms with E-state index in [4.69, 9.17) is 10.5 Å². The van der Waals surface area contributed by atoms with Gasteiger partial charge in [0.15, 0.2) is 0 Å². The van der Waals surface area contributed by atoms with E-state index in [0.717, 1.165) is 18.1 Å². The third kappa shape index (κ3) is 3.01. The third-order valence-electron chi connectivity index (χ3n) is 3.72. The van der Waals surface area contributed by atoms with Crippen LogP contribution in [0.1, 0.15) is 32.3 Å². The summed E-state index contributed by atoms with van der Waals surface area (Å²) in [6.07, 6.45) is 2.44. The quantitative estimate of drug-likeness (QED) is 0.851. The van der Waals surface area contributed by atoms with Crippen LogP contribution in [-0.4, -0.2) is 12.1 Å². The van der Waals surface area contributed by atoms with Gasteiger partial charge in [-0.1, -0.05) is 31.5 Å². The summed E-state index contributed by atoms with van der Waals surface area (Å²) in [4.78, 5) is 0. The van der Waals surface area contributed by atoms with Crippen LogP contribution < -0.4 is 10.5 Å². The monoisotopic (exact) mass is 233 g/mol. The molecule has 2 N–H and O–H groups in total. The number of hydrogen-bond donors (Lipinski definition) is 1. The van der Waals surface area contributed by atoms with Crippen LogP contribution in [0, 0.1) is 18.8 Å². The van der Waals surface area contributed by atoms with Gasteiger partial charge in [0.25, 0.3) is 0 Å². The van der Waals surface area contributed by atoms with Crippen LogP contribution in [0.3, 0.4) is 0 Å². The lowest BCUT2D eigenvalue weighted by Crippen LogP contribution is -2.48. The molecule has 0 radical (unpaired) electrons. The van der Waals surface area contributed by atoms with Gasteiger partial charge >= 0.3 is 0 Å². The van der Waals surface area contributed by atoms with Crippen LogP contribution in [0.4, 0.5) is 0 Å². The molecule has 0 bridgehead atoms. The summed E-state index contributed by atoms with van der Waals surface area (Å²) in [5.41, 5.74) is 7.47. The van der Waals surface area contributed by atoms with Gasteiger partial charge in [0.1, 0.15) is 11.9 Å². The van der Waals surface area contributed by atoms with Gasteiger partial charge in [-0.15, -0.1) is 0 Å². The van der Waals surface area contributed by atoms with Crippen molar-refractivity contribution in [2.24, 2.45) is 17.6 Å². The molecule has 1 aliphatic carbocycles. The Morgan fingerprint density at radius 3 is 2.35 bits per heavy atom. The van der Waals surface area contributed by atoms with Crippen LogP contribution in [0.5, 0.6) is 5.75 Å². The SMILES string of the molecule is Cc1ccc(OC2C(C)CC(C)CC2N)cc1. The second-order valence-electron chi connectivity index (χ2n) is 5.61. The molecule has 1 aliphatic rings. The molecule has 0 aliphatic heterocycles. The van der Waals surface area contributed by atoms with Crippen molar-refractivity contribution in [3.05, 3.63) is 29.8 Å². The predicted octanol–water partition coefficient (Wildman–Crippen LogP) is 3.14. The molecule has 0 aromatic heterocycles. The van der Waals surface area contributed by atoms with Crippen LogP contribution >= 0.6 is 0 Å². The molecule has 0 saturated heterocycles. The topological polar surface area (TPSA) is 35.2 Å². The van der Waals surface area contributed by atoms with Gasteiger partial charge in [-0.2, -0.15) is 0 Å².